The summed E-state index contributed by atoms with van der Waals surface area (Å²) in [6.45, 7) is 4.02. The van der Waals surface area contributed by atoms with E-state index in [-0.39, 0.29) is 30.8 Å². The highest BCUT2D eigenvalue weighted by molar-refractivity contribution is 7.16. The van der Waals surface area contributed by atoms with Crippen LogP contribution in [-0.2, 0) is 29.0 Å². The second-order valence-corrected chi connectivity index (χ2v) is 8.41. The molecule has 0 saturated heterocycles. The zero-order chi connectivity index (χ0) is 22.2. The quantitative estimate of drug-likeness (QED) is 0.252. The Morgan fingerprint density at radius 1 is 1.10 bits per heavy atom. The van der Waals surface area contributed by atoms with E-state index in [0.717, 1.165) is 17.8 Å². The summed E-state index contributed by atoms with van der Waals surface area (Å²) in [5, 5.41) is 4.99. The Bertz CT molecular complexity index is 1100. The van der Waals surface area contributed by atoms with Crippen molar-refractivity contribution in [3.63, 3.8) is 0 Å². The highest BCUT2D eigenvalue weighted by atomic mass is 32.1. The molecule has 0 aliphatic rings. The normalized spacial score (nSPS) is 11.0. The van der Waals surface area contributed by atoms with Crippen molar-refractivity contribution in [1.29, 1.82) is 0 Å². The van der Waals surface area contributed by atoms with Crippen molar-refractivity contribution in [1.82, 2.24) is 14.6 Å². The van der Waals surface area contributed by atoms with Crippen molar-refractivity contribution >= 4 is 28.1 Å². The first-order valence-corrected chi connectivity index (χ1v) is 11.5. The molecule has 0 spiro atoms. The van der Waals surface area contributed by atoms with Gasteiger partial charge in [-0.3, -0.25) is 14.4 Å². The van der Waals surface area contributed by atoms with Gasteiger partial charge in [0, 0.05) is 18.1 Å². The average Bonchev–Trinajstić information content (AvgIpc) is 3.21. The molecular weight excluding hydrogens is 414 g/mol. The van der Waals surface area contributed by atoms with Crippen molar-refractivity contribution in [2.24, 2.45) is 0 Å². The second-order valence-electron chi connectivity index (χ2n) is 7.37. The summed E-state index contributed by atoms with van der Waals surface area (Å²) in [6, 6.07) is 8.91. The van der Waals surface area contributed by atoms with Gasteiger partial charge in [0.15, 0.2) is 5.78 Å². The maximum Gasteiger partial charge on any atom is 0.306 e. The van der Waals surface area contributed by atoms with Gasteiger partial charge in [0.25, 0.3) is 5.56 Å². The van der Waals surface area contributed by atoms with E-state index in [9.17, 15) is 14.4 Å². The molecule has 0 bridgehead atoms. The molecular formula is C23H27N3O4S. The van der Waals surface area contributed by atoms with E-state index in [1.165, 1.54) is 40.3 Å². The lowest BCUT2D eigenvalue weighted by Gasteiger charge is -2.05. The summed E-state index contributed by atoms with van der Waals surface area (Å²) >= 11 is 1.33. The highest BCUT2D eigenvalue weighted by Gasteiger charge is 2.13. The van der Waals surface area contributed by atoms with Crippen LogP contribution in [0.1, 0.15) is 72.6 Å². The van der Waals surface area contributed by atoms with Crippen molar-refractivity contribution in [2.75, 3.05) is 0 Å². The minimum Gasteiger partial charge on any atom is -0.459 e. The molecule has 0 saturated carbocycles. The number of ether oxygens (including phenoxy) is 1. The van der Waals surface area contributed by atoms with Crippen molar-refractivity contribution in [3.8, 4) is 0 Å². The van der Waals surface area contributed by atoms with E-state index in [0.29, 0.717) is 22.6 Å². The van der Waals surface area contributed by atoms with Crippen molar-refractivity contribution in [2.45, 2.75) is 65.4 Å². The van der Waals surface area contributed by atoms with E-state index < -0.39 is 5.97 Å². The van der Waals surface area contributed by atoms with Crippen LogP contribution in [-0.4, -0.2) is 26.4 Å². The molecule has 7 nitrogen and oxygen atoms in total. The van der Waals surface area contributed by atoms with E-state index in [2.05, 4.69) is 17.0 Å². The number of aromatic nitrogens is 3. The fraction of sp³-hybridized carbons (Fsp3) is 0.435. The zero-order valence-corrected chi connectivity index (χ0v) is 18.7. The van der Waals surface area contributed by atoms with E-state index in [1.807, 2.05) is 31.2 Å². The van der Waals surface area contributed by atoms with Gasteiger partial charge in [0.2, 0.25) is 4.96 Å². The average molecular weight is 442 g/mol. The lowest BCUT2D eigenvalue weighted by Crippen LogP contribution is -2.17. The van der Waals surface area contributed by atoms with Crippen molar-refractivity contribution < 1.29 is 14.3 Å². The van der Waals surface area contributed by atoms with Crippen molar-refractivity contribution in [3.05, 3.63) is 62.5 Å². The molecule has 0 N–H and O–H groups in total. The van der Waals surface area contributed by atoms with Crippen LogP contribution in [0, 0.1) is 0 Å². The second kappa shape index (κ2) is 10.9. The lowest BCUT2D eigenvalue weighted by molar-refractivity contribution is -0.145. The Labute approximate surface area is 185 Å². The molecule has 0 radical (unpaired) electrons. The van der Waals surface area contributed by atoms with Gasteiger partial charge in [-0.25, -0.2) is 4.98 Å². The number of rotatable bonds is 11. The maximum absolute atomic E-state index is 12.3. The molecule has 0 aliphatic carbocycles. The molecule has 164 valence electrons. The molecule has 2 heterocycles. The monoisotopic (exact) mass is 441 g/mol. The number of benzene rings is 1. The number of unbranched alkanes of at least 4 members (excludes halogenated alkanes) is 2. The summed E-state index contributed by atoms with van der Waals surface area (Å²) in [5.41, 5.74) is 1.89. The van der Waals surface area contributed by atoms with Gasteiger partial charge in [-0.05, 0) is 24.8 Å². The topological polar surface area (TPSA) is 90.6 Å². The Kier molecular flexibility index (Phi) is 8.06. The number of Topliss-reactive ketones (excluding diaryl/α,β-unsaturated/α-hetero) is 1. The Hall–Kier alpha value is -2.87. The zero-order valence-electron chi connectivity index (χ0n) is 17.9. The van der Waals surface area contributed by atoms with Gasteiger partial charge in [0.05, 0.1) is 12.1 Å². The number of ketones is 1. The summed E-state index contributed by atoms with van der Waals surface area (Å²) in [6.07, 6.45) is 5.32. The first-order chi connectivity index (χ1) is 15.0. The Morgan fingerprint density at radius 2 is 1.87 bits per heavy atom. The Balaban J connectivity index is 1.48. The third-order valence-electron chi connectivity index (χ3n) is 4.92. The predicted molar refractivity (Wildman–Crippen MR) is 120 cm³/mol. The molecule has 31 heavy (non-hydrogen) atoms. The van der Waals surface area contributed by atoms with Gasteiger partial charge >= 0.3 is 5.97 Å². The number of esters is 1. The van der Waals surface area contributed by atoms with Crippen LogP contribution in [0.25, 0.3) is 4.96 Å². The van der Waals surface area contributed by atoms with Crippen LogP contribution in [0.2, 0.25) is 0 Å². The van der Waals surface area contributed by atoms with Gasteiger partial charge in [0.1, 0.15) is 11.6 Å². The highest BCUT2D eigenvalue weighted by Crippen LogP contribution is 2.13. The van der Waals surface area contributed by atoms with Crippen LogP contribution in [0.15, 0.2) is 35.1 Å². The smallest absolute Gasteiger partial charge is 0.306 e. The number of hydrogen-bond acceptors (Lipinski definition) is 7. The minimum absolute atomic E-state index is 0.0150. The molecule has 3 rings (SSSR count). The molecule has 3 aromatic rings. The number of fused-ring (bicyclic) bond motifs is 1. The third kappa shape index (κ3) is 6.30. The van der Waals surface area contributed by atoms with Crippen LogP contribution < -0.4 is 5.56 Å². The first kappa shape index (κ1) is 22.8. The summed E-state index contributed by atoms with van der Waals surface area (Å²) in [4.78, 5) is 41.3. The van der Waals surface area contributed by atoms with E-state index in [4.69, 9.17) is 4.74 Å². The number of carbonyl (C=O) groups is 2. The Morgan fingerprint density at radius 3 is 2.58 bits per heavy atom. The predicted octanol–water partition coefficient (Wildman–Crippen LogP) is 4.15. The summed E-state index contributed by atoms with van der Waals surface area (Å²) < 4.78 is 6.46. The van der Waals surface area contributed by atoms with Crippen LogP contribution >= 0.6 is 11.3 Å². The van der Waals surface area contributed by atoms with E-state index >= 15 is 0 Å². The van der Waals surface area contributed by atoms with E-state index in [1.54, 1.807) is 0 Å². The number of hydrogen-bond donors (Lipinski definition) is 0. The maximum atomic E-state index is 12.3. The van der Waals surface area contributed by atoms with Gasteiger partial charge in [-0.15, -0.1) is 0 Å². The van der Waals surface area contributed by atoms with Gasteiger partial charge < -0.3 is 4.74 Å². The number of nitrogens with zero attached hydrogens (tertiary/aromatic N) is 3. The third-order valence-corrected chi connectivity index (χ3v) is 5.98. The summed E-state index contributed by atoms with van der Waals surface area (Å²) in [5.74, 6) is -0.586. The molecule has 0 aliphatic heterocycles. The number of carbonyl (C=O) groups excluding carboxylic acids is 2. The molecule has 2 aromatic heterocycles. The largest absolute Gasteiger partial charge is 0.459 e. The first-order valence-electron chi connectivity index (χ1n) is 10.7. The van der Waals surface area contributed by atoms with Gasteiger partial charge in [-0.1, -0.05) is 62.3 Å². The standard InChI is InChI=1S/C23H27N3O4S/c1-3-5-6-7-16-8-10-17(11-9-16)19(27)12-13-22(29)30-15-18-14-21(28)26-23(24-18)31-20(4-2)25-26/h8-11,14H,3-7,12-13,15H2,1-2H3. The lowest BCUT2D eigenvalue weighted by atomic mass is 10.0. The molecule has 0 unspecified atom stereocenters. The van der Waals surface area contributed by atoms with Gasteiger partial charge in [-0.2, -0.15) is 9.61 Å². The summed E-state index contributed by atoms with van der Waals surface area (Å²) in [7, 11) is 0. The fourth-order valence-corrected chi connectivity index (χ4v) is 3.99. The van der Waals surface area contributed by atoms with Crippen LogP contribution in [0.3, 0.4) is 0 Å². The molecule has 0 amide bonds. The molecule has 1 aromatic carbocycles. The molecule has 0 atom stereocenters. The fourth-order valence-electron chi connectivity index (χ4n) is 3.14. The molecule has 0 fully saturated rings. The number of aryl methyl sites for hydroxylation is 2. The van der Waals surface area contributed by atoms with Crippen LogP contribution in [0.4, 0.5) is 0 Å². The SMILES string of the molecule is CCCCCc1ccc(C(=O)CCC(=O)OCc2cc(=O)n3nc(CC)sc3n2)cc1. The van der Waals surface area contributed by atoms with Crippen LogP contribution in [0.5, 0.6) is 0 Å². The minimum atomic E-state index is -0.495. The molecule has 8 heteroatoms.